The number of rotatable bonds is 15. The number of carbonyl (C=O) groups is 2. The molecule has 1 aromatic carbocycles. The molecule has 1 unspecified atom stereocenters. The van der Waals surface area contributed by atoms with E-state index in [1.165, 1.54) is 0 Å². The van der Waals surface area contributed by atoms with Gasteiger partial charge in [0, 0.05) is 26.2 Å². The Morgan fingerprint density at radius 2 is 1.92 bits per heavy atom. The summed E-state index contributed by atoms with van der Waals surface area (Å²) in [6.45, 7) is 4.11. The van der Waals surface area contributed by atoms with E-state index in [-0.39, 0.29) is 31.9 Å². The predicted molar refractivity (Wildman–Crippen MR) is 141 cm³/mol. The van der Waals surface area contributed by atoms with Crippen LogP contribution in [0.3, 0.4) is 0 Å². The summed E-state index contributed by atoms with van der Waals surface area (Å²) in [6, 6.07) is 9.58. The van der Waals surface area contributed by atoms with Crippen LogP contribution in [0.2, 0.25) is 0 Å². The van der Waals surface area contributed by atoms with Gasteiger partial charge in [0.15, 0.2) is 6.29 Å². The van der Waals surface area contributed by atoms with Crippen molar-refractivity contribution in [3.05, 3.63) is 42.0 Å². The number of sulfonamides is 1. The van der Waals surface area contributed by atoms with Gasteiger partial charge in [-0.05, 0) is 43.6 Å². The Bertz CT molecular complexity index is 964. The topological polar surface area (TPSA) is 134 Å². The molecule has 1 heterocycles. The molecule has 1 aromatic rings. The highest BCUT2D eigenvalue weighted by Gasteiger charge is 2.36. The van der Waals surface area contributed by atoms with Crippen molar-refractivity contribution in [2.45, 2.75) is 58.7 Å². The molecule has 37 heavy (non-hydrogen) atoms. The molecule has 0 radical (unpaired) electrons. The van der Waals surface area contributed by atoms with E-state index in [1.807, 2.05) is 56.3 Å². The number of aliphatic hydroxyl groups excluding tert-OH is 1. The lowest BCUT2D eigenvalue weighted by Gasteiger charge is -2.30. The number of hydrogen-bond donors (Lipinski definition) is 3. The van der Waals surface area contributed by atoms with Crippen LogP contribution in [0.15, 0.2) is 36.4 Å². The van der Waals surface area contributed by atoms with Gasteiger partial charge in [-0.25, -0.2) is 18.7 Å². The lowest BCUT2D eigenvalue weighted by Crippen LogP contribution is -2.51. The fraction of sp³-hybridized carbons (Fsp3) is 0.615. The van der Waals surface area contributed by atoms with Gasteiger partial charge >= 0.3 is 0 Å². The van der Waals surface area contributed by atoms with Crippen LogP contribution in [0.1, 0.15) is 57.9 Å². The zero-order valence-corrected chi connectivity index (χ0v) is 22.8. The standard InChI is InChI=1S/C26H41N3O7S/c1-20(2)19-23(25(31)27-29(16-10-17-30)37(3,33)34)22(14-9-13-21-11-5-4-6-12-21)26(32)28-36-24-15-7-8-18-35-24/h4-6,9,11-13,20,22-24,30H,7-8,10,14-19H2,1-3H3,(H,27,31)(H,28,32)/b13-9+/t22-,23+,24?/m0/s1. The van der Waals surface area contributed by atoms with Crippen LogP contribution >= 0.6 is 0 Å². The highest BCUT2D eigenvalue weighted by molar-refractivity contribution is 7.88. The fourth-order valence-electron chi connectivity index (χ4n) is 4.06. The van der Waals surface area contributed by atoms with Crippen LogP contribution in [-0.4, -0.2) is 62.1 Å². The van der Waals surface area contributed by atoms with Crippen molar-refractivity contribution in [1.29, 1.82) is 0 Å². The molecule has 1 aliphatic rings. The Morgan fingerprint density at radius 1 is 1.19 bits per heavy atom. The summed E-state index contributed by atoms with van der Waals surface area (Å²) in [5, 5.41) is 9.14. The third kappa shape index (κ3) is 11.3. The first-order valence-electron chi connectivity index (χ1n) is 12.8. The number of hydrazine groups is 1. The minimum Gasteiger partial charge on any atom is -0.396 e. The van der Waals surface area contributed by atoms with Gasteiger partial charge in [0.2, 0.25) is 21.8 Å². The number of carbonyl (C=O) groups excluding carboxylic acids is 2. The lowest BCUT2D eigenvalue weighted by atomic mass is 9.82. The van der Waals surface area contributed by atoms with Crippen LogP contribution in [0.25, 0.3) is 6.08 Å². The molecule has 208 valence electrons. The Balaban J connectivity index is 2.26. The first kappa shape index (κ1) is 30.9. The number of benzene rings is 1. The van der Waals surface area contributed by atoms with Crippen molar-refractivity contribution < 1.29 is 32.7 Å². The number of amides is 2. The number of aliphatic hydroxyl groups is 1. The van der Waals surface area contributed by atoms with E-state index >= 15 is 0 Å². The Labute approximate surface area is 220 Å². The number of nitrogens with zero attached hydrogens (tertiary/aromatic N) is 1. The van der Waals surface area contributed by atoms with Crippen LogP contribution in [0, 0.1) is 17.8 Å². The first-order chi connectivity index (χ1) is 17.6. The van der Waals surface area contributed by atoms with Crippen molar-refractivity contribution in [3.63, 3.8) is 0 Å². The van der Waals surface area contributed by atoms with Crippen LogP contribution < -0.4 is 10.9 Å². The van der Waals surface area contributed by atoms with E-state index in [0.717, 1.165) is 29.1 Å². The predicted octanol–water partition coefficient (Wildman–Crippen LogP) is 2.62. The van der Waals surface area contributed by atoms with Gasteiger partial charge in [0.05, 0.1) is 18.1 Å². The molecule has 1 fully saturated rings. The van der Waals surface area contributed by atoms with Gasteiger partial charge in [-0.3, -0.25) is 15.0 Å². The van der Waals surface area contributed by atoms with Crippen molar-refractivity contribution in [3.8, 4) is 0 Å². The molecule has 0 saturated carbocycles. The molecule has 0 spiro atoms. The molecule has 0 aliphatic carbocycles. The summed E-state index contributed by atoms with van der Waals surface area (Å²) in [5.74, 6) is -2.68. The Hall–Kier alpha value is -2.31. The summed E-state index contributed by atoms with van der Waals surface area (Å²) in [5.41, 5.74) is 5.91. The highest BCUT2D eigenvalue weighted by atomic mass is 32.2. The van der Waals surface area contributed by atoms with Gasteiger partial charge in [-0.2, -0.15) is 0 Å². The number of allylic oxidation sites excluding steroid dienone is 1. The molecular weight excluding hydrogens is 498 g/mol. The molecule has 3 N–H and O–H groups in total. The second kappa shape index (κ2) is 15.8. The number of nitrogens with one attached hydrogen (secondary N) is 2. The van der Waals surface area contributed by atoms with Crippen LogP contribution in [-0.2, 0) is 29.2 Å². The molecule has 2 amide bonds. The van der Waals surface area contributed by atoms with Crippen LogP contribution in [0.5, 0.6) is 0 Å². The number of hydrogen-bond acceptors (Lipinski definition) is 7. The number of hydroxylamine groups is 1. The summed E-state index contributed by atoms with van der Waals surface area (Å²) in [7, 11) is -3.78. The largest absolute Gasteiger partial charge is 0.396 e. The number of ether oxygens (including phenoxy) is 1. The molecule has 3 atom stereocenters. The smallest absolute Gasteiger partial charge is 0.247 e. The lowest BCUT2D eigenvalue weighted by molar-refractivity contribution is -0.203. The van der Waals surface area contributed by atoms with Crippen molar-refractivity contribution >= 4 is 27.9 Å². The summed E-state index contributed by atoms with van der Waals surface area (Å²) < 4.78 is 30.8. The maximum absolute atomic E-state index is 13.4. The van der Waals surface area contributed by atoms with Gasteiger partial charge in [0.1, 0.15) is 0 Å². The average molecular weight is 540 g/mol. The Morgan fingerprint density at radius 3 is 2.51 bits per heavy atom. The molecule has 10 nitrogen and oxygen atoms in total. The SMILES string of the molecule is CC(C)C[C@@H](C(=O)NN(CCCO)S(C)(=O)=O)[C@H](C/C=C/c1ccccc1)C(=O)NOC1CCCCO1. The maximum atomic E-state index is 13.4. The molecule has 1 aliphatic heterocycles. The molecule has 11 heteroatoms. The van der Waals surface area contributed by atoms with E-state index in [4.69, 9.17) is 14.7 Å². The monoisotopic (exact) mass is 539 g/mol. The summed E-state index contributed by atoms with van der Waals surface area (Å²) >= 11 is 0. The van der Waals surface area contributed by atoms with E-state index < -0.39 is 40.0 Å². The first-order valence-corrected chi connectivity index (χ1v) is 14.6. The normalized spacial score (nSPS) is 18.2. The van der Waals surface area contributed by atoms with E-state index in [0.29, 0.717) is 19.4 Å². The molecule has 1 saturated heterocycles. The van der Waals surface area contributed by atoms with Crippen molar-refractivity contribution in [2.75, 3.05) is 26.0 Å². The third-order valence-electron chi connectivity index (χ3n) is 5.97. The van der Waals surface area contributed by atoms with Crippen molar-refractivity contribution in [1.82, 2.24) is 15.3 Å². The summed E-state index contributed by atoms with van der Waals surface area (Å²) in [6.07, 6.45) is 7.39. The average Bonchev–Trinajstić information content (AvgIpc) is 2.87. The fourth-order valence-corrected chi connectivity index (χ4v) is 4.78. The molecule has 0 aromatic heterocycles. The van der Waals surface area contributed by atoms with E-state index in [9.17, 15) is 18.0 Å². The highest BCUT2D eigenvalue weighted by Crippen LogP contribution is 2.26. The Kier molecular flexibility index (Phi) is 13.2. The van der Waals surface area contributed by atoms with Gasteiger partial charge in [-0.15, -0.1) is 4.41 Å². The third-order valence-corrected chi connectivity index (χ3v) is 7.04. The minimum absolute atomic E-state index is 0.0517. The van der Waals surface area contributed by atoms with Gasteiger partial charge in [0.25, 0.3) is 0 Å². The van der Waals surface area contributed by atoms with E-state index in [1.54, 1.807) is 0 Å². The quantitative estimate of drug-likeness (QED) is 0.292. The molecule has 2 rings (SSSR count). The van der Waals surface area contributed by atoms with Gasteiger partial charge < -0.3 is 9.84 Å². The second-order valence-electron chi connectivity index (χ2n) is 9.66. The van der Waals surface area contributed by atoms with Crippen molar-refractivity contribution in [2.24, 2.45) is 17.8 Å². The van der Waals surface area contributed by atoms with E-state index in [2.05, 4.69) is 10.9 Å². The zero-order valence-electron chi connectivity index (χ0n) is 22.0. The molecular formula is C26H41N3O7S. The zero-order chi connectivity index (χ0) is 27.3. The van der Waals surface area contributed by atoms with Crippen LogP contribution in [0.4, 0.5) is 0 Å². The summed E-state index contributed by atoms with van der Waals surface area (Å²) in [4.78, 5) is 32.3. The minimum atomic E-state index is -3.78. The second-order valence-corrected chi connectivity index (χ2v) is 11.6. The molecule has 0 bridgehead atoms. The maximum Gasteiger partial charge on any atom is 0.247 e. The van der Waals surface area contributed by atoms with Gasteiger partial charge in [-0.1, -0.05) is 56.3 Å².